The first-order valence-electron chi connectivity index (χ1n) is 11.9. The van der Waals surface area contributed by atoms with Crippen molar-refractivity contribution in [2.24, 2.45) is 0 Å². The number of esters is 1. The molecule has 3 aromatic carbocycles. The molecule has 1 aliphatic rings. The molecule has 1 fully saturated rings. The van der Waals surface area contributed by atoms with Crippen molar-refractivity contribution in [2.45, 2.75) is 51.4 Å². The van der Waals surface area contributed by atoms with Gasteiger partial charge in [-0.05, 0) is 73.8 Å². The minimum atomic E-state index is -0.318. The second kappa shape index (κ2) is 12.5. The van der Waals surface area contributed by atoms with Gasteiger partial charge in [-0.15, -0.1) is 0 Å². The van der Waals surface area contributed by atoms with E-state index in [0.717, 1.165) is 25.1 Å². The lowest BCUT2D eigenvalue weighted by Crippen LogP contribution is -2.41. The minimum absolute atomic E-state index is 0.0631. The predicted octanol–water partition coefficient (Wildman–Crippen LogP) is 5.25. The standard InChI is InChI=1S/C24H25NO3.C5H10O2/c1-27-24(26)21-8-4-7-20(14-21)22-11-12-25-15-23(22)28-16-17-9-10-18-5-2-3-6-19(18)13-17;1-5(2,3)7-4-6/h2-10,13-14,22-23,25H,11-12,15-16H2,1H3;4H,1-3H3. The van der Waals surface area contributed by atoms with E-state index in [2.05, 4.69) is 58.6 Å². The molecule has 0 spiro atoms. The van der Waals surface area contributed by atoms with Crippen molar-refractivity contribution in [2.75, 3.05) is 20.2 Å². The number of fused-ring (bicyclic) bond motifs is 1. The van der Waals surface area contributed by atoms with Gasteiger partial charge in [-0.3, -0.25) is 4.79 Å². The molecule has 2 atom stereocenters. The number of piperidine rings is 1. The zero-order chi connectivity index (χ0) is 25.3. The van der Waals surface area contributed by atoms with E-state index in [-0.39, 0.29) is 23.6 Å². The molecule has 2 unspecified atom stereocenters. The minimum Gasteiger partial charge on any atom is -0.465 e. The maximum Gasteiger partial charge on any atom is 0.337 e. The van der Waals surface area contributed by atoms with Gasteiger partial charge in [0.25, 0.3) is 6.47 Å². The molecule has 0 aliphatic carbocycles. The molecule has 6 heteroatoms. The van der Waals surface area contributed by atoms with Gasteiger partial charge < -0.3 is 19.5 Å². The summed E-state index contributed by atoms with van der Waals surface area (Å²) in [7, 11) is 1.41. The Morgan fingerprint density at radius 2 is 1.80 bits per heavy atom. The van der Waals surface area contributed by atoms with Gasteiger partial charge in [0.2, 0.25) is 0 Å². The lowest BCUT2D eigenvalue weighted by atomic mass is 9.87. The first-order valence-corrected chi connectivity index (χ1v) is 11.9. The van der Waals surface area contributed by atoms with Crippen molar-refractivity contribution < 1.29 is 23.8 Å². The lowest BCUT2D eigenvalue weighted by Gasteiger charge is -2.32. The zero-order valence-corrected chi connectivity index (χ0v) is 21.0. The van der Waals surface area contributed by atoms with E-state index >= 15 is 0 Å². The third-order valence-electron chi connectivity index (χ3n) is 5.84. The Balaban J connectivity index is 0.000000429. The van der Waals surface area contributed by atoms with Gasteiger partial charge in [-0.25, -0.2) is 4.79 Å². The molecule has 1 saturated heterocycles. The number of carbonyl (C=O) groups is 2. The third kappa shape index (κ3) is 7.91. The molecule has 0 aromatic heterocycles. The van der Waals surface area contributed by atoms with Crippen LogP contribution >= 0.6 is 0 Å². The number of methoxy groups -OCH3 is 1. The van der Waals surface area contributed by atoms with Crippen LogP contribution in [0, 0.1) is 0 Å². The predicted molar refractivity (Wildman–Crippen MR) is 137 cm³/mol. The molecular formula is C29H35NO5. The average Bonchev–Trinajstić information content (AvgIpc) is 2.87. The van der Waals surface area contributed by atoms with Crippen molar-refractivity contribution in [3.8, 4) is 0 Å². The van der Waals surface area contributed by atoms with Crippen LogP contribution in [0.4, 0.5) is 0 Å². The summed E-state index contributed by atoms with van der Waals surface area (Å²) in [5.74, 6) is -0.0456. The highest BCUT2D eigenvalue weighted by Gasteiger charge is 2.27. The summed E-state index contributed by atoms with van der Waals surface area (Å²) in [6, 6.07) is 22.6. The quantitative estimate of drug-likeness (QED) is 0.386. The fraction of sp³-hybridized carbons (Fsp3) is 0.379. The van der Waals surface area contributed by atoms with E-state index < -0.39 is 0 Å². The van der Waals surface area contributed by atoms with Crippen LogP contribution in [0.5, 0.6) is 0 Å². The van der Waals surface area contributed by atoms with E-state index in [1.807, 2.05) is 32.9 Å². The Labute approximate surface area is 207 Å². The summed E-state index contributed by atoms with van der Waals surface area (Å²) in [4.78, 5) is 21.5. The number of nitrogens with one attached hydrogen (secondary N) is 1. The van der Waals surface area contributed by atoms with Gasteiger partial charge in [0.1, 0.15) is 5.60 Å². The Hall–Kier alpha value is -3.22. The second-order valence-corrected chi connectivity index (χ2v) is 9.57. The van der Waals surface area contributed by atoms with Gasteiger partial charge in [-0.2, -0.15) is 0 Å². The number of hydrogen-bond acceptors (Lipinski definition) is 6. The molecule has 4 rings (SSSR count). The van der Waals surface area contributed by atoms with Crippen LogP contribution in [0.15, 0.2) is 66.7 Å². The summed E-state index contributed by atoms with van der Waals surface area (Å²) in [5, 5.41) is 5.90. The number of benzene rings is 3. The number of hydrogen-bond donors (Lipinski definition) is 1. The molecule has 3 aromatic rings. The highest BCUT2D eigenvalue weighted by atomic mass is 16.5. The Kier molecular flexibility index (Phi) is 9.40. The summed E-state index contributed by atoms with van der Waals surface area (Å²) in [6.07, 6.45) is 1.04. The SMILES string of the molecule is CC(C)(C)OC=O.COC(=O)c1cccc(C2CCNCC2OCc2ccc3ccccc3c2)c1. The normalized spacial score (nSPS) is 17.7. The van der Waals surface area contributed by atoms with Crippen molar-refractivity contribution >= 4 is 23.2 Å². The van der Waals surface area contributed by atoms with Gasteiger partial charge in [0.15, 0.2) is 0 Å². The van der Waals surface area contributed by atoms with Crippen molar-refractivity contribution in [3.05, 3.63) is 83.4 Å². The van der Waals surface area contributed by atoms with Gasteiger partial charge in [-0.1, -0.05) is 48.5 Å². The molecule has 0 bridgehead atoms. The maximum atomic E-state index is 11.9. The van der Waals surface area contributed by atoms with E-state index in [9.17, 15) is 9.59 Å². The lowest BCUT2D eigenvalue weighted by molar-refractivity contribution is -0.138. The van der Waals surface area contributed by atoms with Crippen LogP contribution in [0.3, 0.4) is 0 Å². The average molecular weight is 478 g/mol. The largest absolute Gasteiger partial charge is 0.465 e. The molecule has 1 aliphatic heterocycles. The van der Waals surface area contributed by atoms with Crippen LogP contribution in [0.2, 0.25) is 0 Å². The monoisotopic (exact) mass is 477 g/mol. The highest BCUT2D eigenvalue weighted by molar-refractivity contribution is 5.89. The summed E-state index contributed by atoms with van der Waals surface area (Å²) in [6.45, 7) is 8.25. The molecule has 35 heavy (non-hydrogen) atoms. The molecule has 1 heterocycles. The second-order valence-electron chi connectivity index (χ2n) is 9.57. The number of ether oxygens (including phenoxy) is 3. The van der Waals surface area contributed by atoms with Gasteiger partial charge >= 0.3 is 5.97 Å². The summed E-state index contributed by atoms with van der Waals surface area (Å²) >= 11 is 0. The smallest absolute Gasteiger partial charge is 0.337 e. The van der Waals surface area contributed by atoms with Crippen LogP contribution in [0.1, 0.15) is 54.6 Å². The third-order valence-corrected chi connectivity index (χ3v) is 5.84. The zero-order valence-electron chi connectivity index (χ0n) is 21.0. The van der Waals surface area contributed by atoms with Gasteiger partial charge in [0.05, 0.1) is 25.4 Å². The maximum absolute atomic E-state index is 11.9. The molecular weight excluding hydrogens is 442 g/mol. The summed E-state index contributed by atoms with van der Waals surface area (Å²) < 4.78 is 15.7. The first-order chi connectivity index (χ1) is 16.8. The first kappa shape index (κ1) is 26.4. The number of rotatable bonds is 6. The molecule has 0 saturated carbocycles. The Morgan fingerprint density at radius 3 is 2.49 bits per heavy atom. The topological polar surface area (TPSA) is 73.9 Å². The fourth-order valence-corrected chi connectivity index (χ4v) is 4.08. The van der Waals surface area contributed by atoms with Crippen molar-refractivity contribution in [1.29, 1.82) is 0 Å². The van der Waals surface area contributed by atoms with Crippen LogP contribution in [-0.2, 0) is 25.6 Å². The Bertz CT molecular complexity index is 1120. The van der Waals surface area contributed by atoms with Crippen LogP contribution in [-0.4, -0.2) is 44.3 Å². The van der Waals surface area contributed by atoms with Gasteiger partial charge in [0, 0.05) is 12.5 Å². The Morgan fingerprint density at radius 1 is 1.03 bits per heavy atom. The van der Waals surface area contributed by atoms with Crippen molar-refractivity contribution in [1.82, 2.24) is 5.32 Å². The van der Waals surface area contributed by atoms with E-state index in [0.29, 0.717) is 18.6 Å². The van der Waals surface area contributed by atoms with Crippen LogP contribution in [0.25, 0.3) is 10.8 Å². The van der Waals surface area contributed by atoms with E-state index in [1.165, 1.54) is 23.4 Å². The molecule has 0 amide bonds. The molecule has 186 valence electrons. The fourth-order valence-electron chi connectivity index (χ4n) is 4.08. The van der Waals surface area contributed by atoms with Crippen molar-refractivity contribution in [3.63, 3.8) is 0 Å². The molecule has 6 nitrogen and oxygen atoms in total. The molecule has 1 N–H and O–H groups in total. The van der Waals surface area contributed by atoms with E-state index in [1.54, 1.807) is 6.07 Å². The molecule has 0 radical (unpaired) electrons. The highest BCUT2D eigenvalue weighted by Crippen LogP contribution is 2.29. The summed E-state index contributed by atoms with van der Waals surface area (Å²) in [5.41, 5.74) is 2.58. The van der Waals surface area contributed by atoms with E-state index in [4.69, 9.17) is 9.47 Å². The number of carbonyl (C=O) groups excluding carboxylic acids is 2. The van der Waals surface area contributed by atoms with Crippen LogP contribution < -0.4 is 5.32 Å².